The summed E-state index contributed by atoms with van der Waals surface area (Å²) >= 11 is 0. The monoisotopic (exact) mass is 243 g/mol. The Hall–Kier alpha value is -1.61. The fourth-order valence-corrected chi connectivity index (χ4v) is 2.14. The third-order valence-corrected chi connectivity index (χ3v) is 2.90. The number of nitrogens with zero attached hydrogens (tertiary/aromatic N) is 2. The molecule has 96 valence electrons. The molecule has 18 heavy (non-hydrogen) atoms. The first-order valence-electron chi connectivity index (χ1n) is 6.46. The van der Waals surface area contributed by atoms with Gasteiger partial charge < -0.3 is 9.88 Å². The van der Waals surface area contributed by atoms with Crippen LogP contribution in [0.2, 0.25) is 0 Å². The lowest BCUT2D eigenvalue weighted by Crippen LogP contribution is -2.07. The summed E-state index contributed by atoms with van der Waals surface area (Å²) in [5, 5.41) is 3.18. The number of benzene rings is 1. The average molecular weight is 243 g/mol. The lowest BCUT2D eigenvalue weighted by atomic mass is 10.1. The van der Waals surface area contributed by atoms with E-state index in [9.17, 15) is 0 Å². The van der Waals surface area contributed by atoms with Crippen LogP contribution in [0.5, 0.6) is 0 Å². The van der Waals surface area contributed by atoms with Gasteiger partial charge in [0.2, 0.25) is 0 Å². The van der Waals surface area contributed by atoms with E-state index in [-0.39, 0.29) is 0 Å². The average Bonchev–Trinajstić information content (AvgIpc) is 2.77. The van der Waals surface area contributed by atoms with Crippen molar-refractivity contribution in [1.82, 2.24) is 14.9 Å². The van der Waals surface area contributed by atoms with Crippen molar-refractivity contribution in [1.29, 1.82) is 0 Å². The topological polar surface area (TPSA) is 29.9 Å². The van der Waals surface area contributed by atoms with Crippen LogP contribution in [0, 0.1) is 5.92 Å². The molecule has 0 atom stereocenters. The Bertz CT molecular complexity index is 500. The molecule has 1 aromatic heterocycles. The molecule has 0 radical (unpaired) electrons. The highest BCUT2D eigenvalue weighted by Crippen LogP contribution is 2.16. The Kier molecular flexibility index (Phi) is 4.15. The molecule has 3 heteroatoms. The molecule has 2 rings (SSSR count). The Morgan fingerprint density at radius 2 is 2.17 bits per heavy atom. The van der Waals surface area contributed by atoms with Gasteiger partial charge in [0.25, 0.3) is 0 Å². The zero-order valence-electron chi connectivity index (χ0n) is 11.4. The number of hydrogen-bond acceptors (Lipinski definition) is 2. The molecule has 3 nitrogen and oxygen atoms in total. The van der Waals surface area contributed by atoms with Gasteiger partial charge in [-0.05, 0) is 37.1 Å². The molecule has 2 aromatic rings. The Morgan fingerprint density at radius 1 is 1.33 bits per heavy atom. The highest BCUT2D eigenvalue weighted by molar-refractivity contribution is 5.37. The SMILES string of the molecule is CNCc1cccc(-n2cncc2CC(C)C)c1. The third-order valence-electron chi connectivity index (χ3n) is 2.90. The maximum absolute atomic E-state index is 4.27. The van der Waals surface area contributed by atoms with Crippen LogP contribution in [0.15, 0.2) is 36.8 Å². The van der Waals surface area contributed by atoms with Crippen LogP contribution in [-0.4, -0.2) is 16.6 Å². The normalized spacial score (nSPS) is 11.1. The van der Waals surface area contributed by atoms with E-state index in [1.807, 2.05) is 19.6 Å². The van der Waals surface area contributed by atoms with Crippen LogP contribution in [-0.2, 0) is 13.0 Å². The molecule has 1 N–H and O–H groups in total. The predicted octanol–water partition coefficient (Wildman–Crippen LogP) is 2.79. The summed E-state index contributed by atoms with van der Waals surface area (Å²) in [5.41, 5.74) is 3.75. The lowest BCUT2D eigenvalue weighted by Gasteiger charge is -2.11. The predicted molar refractivity (Wildman–Crippen MR) is 74.9 cm³/mol. The maximum atomic E-state index is 4.27. The van der Waals surface area contributed by atoms with Gasteiger partial charge in [0.05, 0.1) is 6.33 Å². The highest BCUT2D eigenvalue weighted by Gasteiger charge is 2.06. The fraction of sp³-hybridized carbons (Fsp3) is 0.400. The molecule has 0 bridgehead atoms. The van der Waals surface area contributed by atoms with Crippen molar-refractivity contribution >= 4 is 0 Å². The van der Waals surface area contributed by atoms with Crippen LogP contribution < -0.4 is 5.32 Å². The second-order valence-corrected chi connectivity index (χ2v) is 5.05. The van der Waals surface area contributed by atoms with E-state index < -0.39 is 0 Å². The Labute approximate surface area is 109 Å². The Morgan fingerprint density at radius 3 is 2.89 bits per heavy atom. The summed E-state index contributed by atoms with van der Waals surface area (Å²) in [6.45, 7) is 5.35. The van der Waals surface area contributed by atoms with E-state index in [1.165, 1.54) is 16.9 Å². The van der Waals surface area contributed by atoms with Crippen molar-refractivity contribution in [3.8, 4) is 5.69 Å². The number of hydrogen-bond donors (Lipinski definition) is 1. The molecule has 0 amide bonds. The van der Waals surface area contributed by atoms with Crippen LogP contribution in [0.1, 0.15) is 25.1 Å². The lowest BCUT2D eigenvalue weighted by molar-refractivity contribution is 0.627. The standard InChI is InChI=1S/C15H21N3/c1-12(2)7-15-10-17-11-18(15)14-6-4-5-13(8-14)9-16-3/h4-6,8,10-12,16H,7,9H2,1-3H3. The van der Waals surface area contributed by atoms with Gasteiger partial charge in [0, 0.05) is 24.1 Å². The summed E-state index contributed by atoms with van der Waals surface area (Å²) in [6, 6.07) is 8.58. The number of imidazole rings is 1. The number of rotatable bonds is 5. The Balaban J connectivity index is 2.30. The molecule has 0 saturated heterocycles. The van der Waals surface area contributed by atoms with Crippen LogP contribution in [0.4, 0.5) is 0 Å². The number of aromatic nitrogens is 2. The van der Waals surface area contributed by atoms with E-state index in [0.29, 0.717) is 5.92 Å². The molecule has 0 spiro atoms. The minimum absolute atomic E-state index is 0.640. The van der Waals surface area contributed by atoms with Gasteiger partial charge in [-0.1, -0.05) is 26.0 Å². The van der Waals surface area contributed by atoms with Crippen LogP contribution >= 0.6 is 0 Å². The molecular weight excluding hydrogens is 222 g/mol. The van der Waals surface area contributed by atoms with Crippen molar-refractivity contribution in [2.45, 2.75) is 26.8 Å². The zero-order chi connectivity index (χ0) is 13.0. The van der Waals surface area contributed by atoms with Gasteiger partial charge in [-0.15, -0.1) is 0 Å². The maximum Gasteiger partial charge on any atom is 0.0994 e. The molecule has 0 aliphatic heterocycles. The fourth-order valence-electron chi connectivity index (χ4n) is 2.14. The quantitative estimate of drug-likeness (QED) is 0.875. The first-order chi connectivity index (χ1) is 8.70. The first-order valence-corrected chi connectivity index (χ1v) is 6.46. The third kappa shape index (κ3) is 2.99. The van der Waals surface area contributed by atoms with Gasteiger partial charge in [0.1, 0.15) is 0 Å². The summed E-state index contributed by atoms with van der Waals surface area (Å²) in [6.07, 6.45) is 4.91. The zero-order valence-corrected chi connectivity index (χ0v) is 11.4. The number of nitrogens with one attached hydrogen (secondary N) is 1. The summed E-state index contributed by atoms with van der Waals surface area (Å²) < 4.78 is 2.18. The van der Waals surface area contributed by atoms with Gasteiger partial charge in [-0.25, -0.2) is 4.98 Å². The largest absolute Gasteiger partial charge is 0.316 e. The molecule has 0 aliphatic carbocycles. The molecule has 0 saturated carbocycles. The van der Waals surface area contributed by atoms with E-state index in [0.717, 1.165) is 13.0 Å². The second-order valence-electron chi connectivity index (χ2n) is 5.05. The van der Waals surface area contributed by atoms with Crippen molar-refractivity contribution in [3.05, 3.63) is 48.0 Å². The summed E-state index contributed by atoms with van der Waals surface area (Å²) in [7, 11) is 1.97. The first kappa shape index (κ1) is 12.8. The van der Waals surface area contributed by atoms with E-state index in [2.05, 4.69) is 53.0 Å². The molecule has 0 aliphatic rings. The minimum Gasteiger partial charge on any atom is -0.316 e. The molecule has 1 heterocycles. The van der Waals surface area contributed by atoms with Gasteiger partial charge in [-0.3, -0.25) is 0 Å². The molecule has 1 aromatic carbocycles. The van der Waals surface area contributed by atoms with Crippen molar-refractivity contribution in [2.24, 2.45) is 5.92 Å². The molecular formula is C15H21N3. The van der Waals surface area contributed by atoms with Crippen molar-refractivity contribution < 1.29 is 0 Å². The van der Waals surface area contributed by atoms with E-state index >= 15 is 0 Å². The second kappa shape index (κ2) is 5.83. The van der Waals surface area contributed by atoms with E-state index in [1.54, 1.807) is 0 Å². The van der Waals surface area contributed by atoms with Gasteiger partial charge in [0.15, 0.2) is 0 Å². The molecule has 0 fully saturated rings. The molecule has 0 unspecified atom stereocenters. The van der Waals surface area contributed by atoms with Crippen molar-refractivity contribution in [2.75, 3.05) is 7.05 Å². The van der Waals surface area contributed by atoms with Gasteiger partial charge in [-0.2, -0.15) is 0 Å². The summed E-state index contributed by atoms with van der Waals surface area (Å²) in [5.74, 6) is 0.640. The van der Waals surface area contributed by atoms with Gasteiger partial charge >= 0.3 is 0 Å². The smallest absolute Gasteiger partial charge is 0.0994 e. The van der Waals surface area contributed by atoms with Crippen molar-refractivity contribution in [3.63, 3.8) is 0 Å². The van der Waals surface area contributed by atoms with Crippen LogP contribution in [0.25, 0.3) is 5.69 Å². The minimum atomic E-state index is 0.640. The summed E-state index contributed by atoms with van der Waals surface area (Å²) in [4.78, 5) is 4.27. The highest BCUT2D eigenvalue weighted by atomic mass is 15.0. The van der Waals surface area contributed by atoms with E-state index in [4.69, 9.17) is 0 Å². The van der Waals surface area contributed by atoms with Crippen LogP contribution in [0.3, 0.4) is 0 Å².